The minimum absolute atomic E-state index is 0.202. The average Bonchev–Trinajstić information content (AvgIpc) is 2.68. The molecule has 0 aromatic rings. The monoisotopic (exact) mass is 250 g/mol. The first kappa shape index (κ1) is 13.2. The van der Waals surface area contributed by atoms with Gasteiger partial charge in [-0.2, -0.15) is 5.26 Å². The van der Waals surface area contributed by atoms with Crippen molar-refractivity contribution in [3.8, 4) is 6.07 Å². The van der Waals surface area contributed by atoms with Crippen LogP contribution in [0.5, 0.6) is 0 Å². The van der Waals surface area contributed by atoms with Crippen LogP contribution in [-0.2, 0) is 0 Å². The van der Waals surface area contributed by atoms with E-state index < -0.39 is 0 Å². The smallest absolute Gasteiger partial charge is 0.320 e. The highest BCUT2D eigenvalue weighted by atomic mass is 16.2. The van der Waals surface area contributed by atoms with Crippen molar-refractivity contribution in [2.75, 3.05) is 45.8 Å². The molecule has 2 saturated heterocycles. The third-order valence-electron chi connectivity index (χ3n) is 3.81. The Morgan fingerprint density at radius 3 is 2.00 bits per heavy atom. The molecule has 2 rings (SSSR count). The molecule has 2 amide bonds. The summed E-state index contributed by atoms with van der Waals surface area (Å²) in [7, 11) is 0. The number of piperazine rings is 1. The Morgan fingerprint density at radius 2 is 1.44 bits per heavy atom. The minimum Gasteiger partial charge on any atom is -0.325 e. The molecule has 5 nitrogen and oxygen atoms in total. The fourth-order valence-electron chi connectivity index (χ4n) is 2.66. The van der Waals surface area contributed by atoms with Gasteiger partial charge in [0.25, 0.3) is 0 Å². The fourth-order valence-corrected chi connectivity index (χ4v) is 2.66. The molecule has 5 heteroatoms. The van der Waals surface area contributed by atoms with E-state index in [0.717, 1.165) is 52.1 Å². The largest absolute Gasteiger partial charge is 0.325 e. The van der Waals surface area contributed by atoms with E-state index in [4.69, 9.17) is 5.26 Å². The molecule has 0 saturated carbocycles. The van der Waals surface area contributed by atoms with E-state index in [9.17, 15) is 4.79 Å². The van der Waals surface area contributed by atoms with Crippen LogP contribution in [0.25, 0.3) is 0 Å². The van der Waals surface area contributed by atoms with Gasteiger partial charge >= 0.3 is 6.03 Å². The lowest BCUT2D eigenvalue weighted by molar-refractivity contribution is 0.119. The van der Waals surface area contributed by atoms with Gasteiger partial charge in [-0.3, -0.25) is 4.90 Å². The molecule has 0 radical (unpaired) electrons. The van der Waals surface area contributed by atoms with Crippen LogP contribution in [0, 0.1) is 11.3 Å². The van der Waals surface area contributed by atoms with E-state index in [0.29, 0.717) is 6.54 Å². The average molecular weight is 250 g/mol. The first-order valence-electron chi connectivity index (χ1n) is 6.94. The number of amides is 2. The van der Waals surface area contributed by atoms with Crippen LogP contribution in [0.2, 0.25) is 0 Å². The van der Waals surface area contributed by atoms with Crippen LogP contribution >= 0.6 is 0 Å². The number of rotatable bonds is 1. The Labute approximate surface area is 109 Å². The zero-order chi connectivity index (χ0) is 12.8. The highest BCUT2D eigenvalue weighted by Gasteiger charge is 2.25. The third-order valence-corrected chi connectivity index (χ3v) is 3.81. The molecule has 0 bridgehead atoms. The van der Waals surface area contributed by atoms with Crippen LogP contribution < -0.4 is 0 Å². The standard InChI is InChI=1S/C13H22N4O/c14-5-8-15-9-11-17(12-10-15)13(18)16-6-3-1-2-4-7-16/h1-4,6-12H2. The Balaban J connectivity index is 1.81. The molecule has 18 heavy (non-hydrogen) atoms. The molecule has 100 valence electrons. The maximum Gasteiger partial charge on any atom is 0.320 e. The number of urea groups is 1. The molecule has 0 unspecified atom stereocenters. The van der Waals surface area contributed by atoms with E-state index in [1.54, 1.807) is 0 Å². The van der Waals surface area contributed by atoms with Gasteiger partial charge in [0.15, 0.2) is 0 Å². The van der Waals surface area contributed by atoms with Crippen LogP contribution in [0.4, 0.5) is 4.79 Å². The van der Waals surface area contributed by atoms with E-state index >= 15 is 0 Å². The third kappa shape index (κ3) is 3.36. The molecule has 0 aliphatic carbocycles. The lowest BCUT2D eigenvalue weighted by Gasteiger charge is -2.36. The highest BCUT2D eigenvalue weighted by molar-refractivity contribution is 5.74. The first-order valence-corrected chi connectivity index (χ1v) is 6.94. The Bertz CT molecular complexity index is 309. The van der Waals surface area contributed by atoms with Gasteiger partial charge in [-0.25, -0.2) is 4.79 Å². The number of carbonyl (C=O) groups is 1. The molecule has 0 atom stereocenters. The molecule has 2 fully saturated rings. The summed E-state index contributed by atoms with van der Waals surface area (Å²) in [4.78, 5) is 18.4. The molecule has 2 aliphatic heterocycles. The number of hydrogen-bond acceptors (Lipinski definition) is 3. The van der Waals surface area contributed by atoms with E-state index in [1.807, 2.05) is 9.80 Å². The number of nitriles is 1. The lowest BCUT2D eigenvalue weighted by atomic mass is 10.2. The second-order valence-electron chi connectivity index (χ2n) is 5.11. The van der Waals surface area contributed by atoms with Gasteiger partial charge in [0, 0.05) is 39.3 Å². The maximum atomic E-state index is 12.3. The van der Waals surface area contributed by atoms with Crippen LogP contribution in [-0.4, -0.2) is 66.5 Å². The van der Waals surface area contributed by atoms with Gasteiger partial charge in [-0.15, -0.1) is 0 Å². The van der Waals surface area contributed by atoms with Crippen molar-refractivity contribution in [1.82, 2.24) is 14.7 Å². The van der Waals surface area contributed by atoms with Gasteiger partial charge in [0.1, 0.15) is 0 Å². The summed E-state index contributed by atoms with van der Waals surface area (Å²) < 4.78 is 0. The Hall–Kier alpha value is -1.28. The number of likely N-dealkylation sites (tertiary alicyclic amines) is 1. The van der Waals surface area contributed by atoms with Crippen molar-refractivity contribution in [3.05, 3.63) is 0 Å². The number of nitrogens with zero attached hydrogens (tertiary/aromatic N) is 4. The Kier molecular flexibility index (Phi) is 4.82. The van der Waals surface area contributed by atoms with Crippen LogP contribution in [0.1, 0.15) is 25.7 Å². The summed E-state index contributed by atoms with van der Waals surface area (Å²) in [5.41, 5.74) is 0. The zero-order valence-electron chi connectivity index (χ0n) is 11.0. The molecule has 0 N–H and O–H groups in total. The van der Waals surface area contributed by atoms with Crippen LogP contribution in [0.15, 0.2) is 0 Å². The minimum atomic E-state index is 0.202. The van der Waals surface area contributed by atoms with Crippen molar-refractivity contribution >= 4 is 6.03 Å². The zero-order valence-corrected chi connectivity index (χ0v) is 11.0. The van der Waals surface area contributed by atoms with E-state index in [-0.39, 0.29) is 6.03 Å². The van der Waals surface area contributed by atoms with Crippen molar-refractivity contribution < 1.29 is 4.79 Å². The summed E-state index contributed by atoms with van der Waals surface area (Å²) in [6, 6.07) is 2.37. The molecule has 2 heterocycles. The lowest BCUT2D eigenvalue weighted by Crippen LogP contribution is -2.53. The van der Waals surface area contributed by atoms with Crippen molar-refractivity contribution in [3.63, 3.8) is 0 Å². The van der Waals surface area contributed by atoms with E-state index in [1.165, 1.54) is 12.8 Å². The van der Waals surface area contributed by atoms with Crippen molar-refractivity contribution in [2.45, 2.75) is 25.7 Å². The molecule has 0 aromatic heterocycles. The summed E-state index contributed by atoms with van der Waals surface area (Å²) in [6.45, 7) is 5.48. The van der Waals surface area contributed by atoms with Gasteiger partial charge in [0.05, 0.1) is 12.6 Å². The summed E-state index contributed by atoms with van der Waals surface area (Å²) in [6.07, 6.45) is 4.78. The van der Waals surface area contributed by atoms with Crippen LogP contribution in [0.3, 0.4) is 0 Å². The molecule has 2 aliphatic rings. The highest BCUT2D eigenvalue weighted by Crippen LogP contribution is 2.13. The van der Waals surface area contributed by atoms with Gasteiger partial charge in [-0.05, 0) is 12.8 Å². The maximum absolute atomic E-state index is 12.3. The summed E-state index contributed by atoms with van der Waals surface area (Å²) in [5.74, 6) is 0. The number of carbonyl (C=O) groups excluding carboxylic acids is 1. The molecule has 0 spiro atoms. The Morgan fingerprint density at radius 1 is 0.889 bits per heavy atom. The van der Waals surface area contributed by atoms with Gasteiger partial charge < -0.3 is 9.80 Å². The van der Waals surface area contributed by atoms with Gasteiger partial charge in [-0.1, -0.05) is 12.8 Å². The quantitative estimate of drug-likeness (QED) is 0.655. The topological polar surface area (TPSA) is 50.6 Å². The predicted molar refractivity (Wildman–Crippen MR) is 69.1 cm³/mol. The predicted octanol–water partition coefficient (Wildman–Crippen LogP) is 1.12. The normalized spacial score (nSPS) is 22.4. The number of hydrogen-bond donors (Lipinski definition) is 0. The van der Waals surface area contributed by atoms with E-state index in [2.05, 4.69) is 11.0 Å². The fraction of sp³-hybridized carbons (Fsp3) is 0.846. The van der Waals surface area contributed by atoms with Crippen molar-refractivity contribution in [2.24, 2.45) is 0 Å². The second kappa shape index (κ2) is 6.60. The summed E-state index contributed by atoms with van der Waals surface area (Å²) >= 11 is 0. The summed E-state index contributed by atoms with van der Waals surface area (Å²) in [5, 5.41) is 8.65. The SMILES string of the molecule is N#CCN1CCN(C(=O)N2CCCCCC2)CC1. The van der Waals surface area contributed by atoms with Crippen molar-refractivity contribution in [1.29, 1.82) is 5.26 Å². The second-order valence-corrected chi connectivity index (χ2v) is 5.11. The molecular formula is C13H22N4O. The van der Waals surface area contributed by atoms with Gasteiger partial charge in [0.2, 0.25) is 0 Å². The first-order chi connectivity index (χ1) is 8.81. The molecular weight excluding hydrogens is 228 g/mol. The molecule has 0 aromatic carbocycles.